The van der Waals surface area contributed by atoms with Crippen LogP contribution >= 0.6 is 23.2 Å². The van der Waals surface area contributed by atoms with E-state index in [2.05, 4.69) is 12.1 Å². The first-order valence-corrected chi connectivity index (χ1v) is 8.42. The van der Waals surface area contributed by atoms with E-state index in [1.807, 2.05) is 66.7 Å². The van der Waals surface area contributed by atoms with E-state index < -0.39 is 0 Å². The molecule has 0 aliphatic carbocycles. The Bertz CT molecular complexity index is 644. The van der Waals surface area contributed by atoms with Crippen LogP contribution in [0, 0.1) is 0 Å². The normalized spacial score (nSPS) is 8.87. The molecule has 5 heteroatoms. The fraction of sp³-hybridized carbons (Fsp3) is 0. The number of halogens is 4. The van der Waals surface area contributed by atoms with Crippen molar-refractivity contribution in [3.8, 4) is 0 Å². The molecular weight excluding hydrogens is 449 g/mol. The molecular formula is C18H13Cl4Zr-. The number of benzene rings is 2. The summed E-state index contributed by atoms with van der Waals surface area (Å²) in [6.07, 6.45) is 0. The van der Waals surface area contributed by atoms with Crippen LogP contribution in [-0.4, -0.2) is 3.21 Å². The van der Waals surface area contributed by atoms with Crippen molar-refractivity contribution in [2.75, 3.05) is 0 Å². The molecule has 23 heavy (non-hydrogen) atoms. The fourth-order valence-corrected chi connectivity index (χ4v) is 2.92. The van der Waals surface area contributed by atoms with Gasteiger partial charge in [0.2, 0.25) is 0 Å². The summed E-state index contributed by atoms with van der Waals surface area (Å²) in [6, 6.07) is 25.8. The summed E-state index contributed by atoms with van der Waals surface area (Å²) >= 11 is 13.3. The Morgan fingerprint density at radius 2 is 1.17 bits per heavy atom. The number of hydrogen-bond donors (Lipinski definition) is 0. The third-order valence-electron chi connectivity index (χ3n) is 2.78. The van der Waals surface area contributed by atoms with Crippen LogP contribution in [0.2, 0.25) is 10.0 Å². The van der Waals surface area contributed by atoms with E-state index in [1.54, 1.807) is 0 Å². The average molecular weight is 462 g/mol. The standard InChI is InChI=1S/C13H8Cl2.C5H5.2ClH.Zr/c14-12-5-1-3-10(8-12)7-11-4-2-6-13(15)9-11;1-2-4-5-3-1;;;/h1-6,8-9H;1-5H;2*1H;/q;-1;;;+2/p-2. The van der Waals surface area contributed by atoms with Crippen LogP contribution in [0.1, 0.15) is 11.1 Å². The van der Waals surface area contributed by atoms with Crippen molar-refractivity contribution in [2.45, 2.75) is 0 Å². The van der Waals surface area contributed by atoms with Gasteiger partial charge in [-0.15, -0.1) is 0 Å². The van der Waals surface area contributed by atoms with E-state index in [0.717, 1.165) is 21.2 Å². The Morgan fingerprint density at radius 1 is 0.739 bits per heavy atom. The molecule has 0 bridgehead atoms. The molecule has 0 N–H and O–H groups in total. The molecule has 0 saturated heterocycles. The summed E-state index contributed by atoms with van der Waals surface area (Å²) in [6.45, 7) is 0. The van der Waals surface area contributed by atoms with Crippen molar-refractivity contribution in [2.24, 2.45) is 0 Å². The van der Waals surface area contributed by atoms with Crippen molar-refractivity contribution < 1.29 is 49.0 Å². The predicted molar refractivity (Wildman–Crippen MR) is 88.2 cm³/mol. The van der Waals surface area contributed by atoms with Gasteiger partial charge in [0.05, 0.1) is 0 Å². The predicted octanol–water partition coefficient (Wildman–Crippen LogP) is -0.477. The number of hydrogen-bond acceptors (Lipinski definition) is 0. The summed E-state index contributed by atoms with van der Waals surface area (Å²) in [5.74, 6) is 0. The van der Waals surface area contributed by atoms with Gasteiger partial charge >= 0.3 is 120 Å². The first-order chi connectivity index (χ1) is 10.2. The molecule has 3 aromatic carbocycles. The molecule has 0 aromatic heterocycles. The van der Waals surface area contributed by atoms with E-state index in [-0.39, 0.29) is 24.8 Å². The van der Waals surface area contributed by atoms with Crippen LogP contribution in [0.25, 0.3) is 0 Å². The molecule has 0 aliphatic heterocycles. The Balaban J connectivity index is 0.000000595. The van der Waals surface area contributed by atoms with Gasteiger partial charge in [0.25, 0.3) is 0 Å². The van der Waals surface area contributed by atoms with Gasteiger partial charge in [-0.05, 0) is 0 Å². The molecule has 0 atom stereocenters. The van der Waals surface area contributed by atoms with E-state index in [1.165, 1.54) is 27.4 Å². The van der Waals surface area contributed by atoms with Crippen LogP contribution in [0.5, 0.6) is 0 Å². The summed E-state index contributed by atoms with van der Waals surface area (Å²) in [4.78, 5) is 0. The van der Waals surface area contributed by atoms with Gasteiger partial charge in [-0.25, -0.2) is 12.1 Å². The second-order valence-electron chi connectivity index (χ2n) is 4.36. The Labute approximate surface area is 174 Å². The van der Waals surface area contributed by atoms with Gasteiger partial charge in [-0.2, -0.15) is 18.2 Å². The van der Waals surface area contributed by atoms with Gasteiger partial charge < -0.3 is 24.8 Å². The van der Waals surface area contributed by atoms with Gasteiger partial charge in [0.15, 0.2) is 0 Å². The van der Waals surface area contributed by atoms with Crippen LogP contribution in [-0.2, 0) is 24.2 Å². The third kappa shape index (κ3) is 7.88. The zero-order chi connectivity index (χ0) is 15.1. The van der Waals surface area contributed by atoms with Crippen LogP contribution in [0.4, 0.5) is 0 Å². The molecule has 0 heterocycles. The van der Waals surface area contributed by atoms with Gasteiger partial charge in [0, 0.05) is 0 Å². The Hall–Kier alpha value is -0.297. The van der Waals surface area contributed by atoms with Crippen molar-refractivity contribution in [1.29, 1.82) is 0 Å². The summed E-state index contributed by atoms with van der Waals surface area (Å²) in [7, 11) is 0. The topological polar surface area (TPSA) is 0 Å². The maximum atomic E-state index is 5.98. The van der Waals surface area contributed by atoms with Crippen molar-refractivity contribution >= 4 is 26.4 Å². The minimum Gasteiger partial charge on any atom is -1.00 e. The summed E-state index contributed by atoms with van der Waals surface area (Å²) in [5.41, 5.74) is 2.32. The van der Waals surface area contributed by atoms with E-state index >= 15 is 0 Å². The molecule has 3 rings (SSSR count). The zero-order valence-corrected chi connectivity index (χ0v) is 17.5. The molecule has 0 aliphatic rings. The maximum Gasteiger partial charge on any atom is -0.172 e. The van der Waals surface area contributed by atoms with E-state index in [0.29, 0.717) is 0 Å². The third-order valence-corrected chi connectivity index (χ3v) is 4.67. The average Bonchev–Trinajstić information content (AvgIpc) is 3.06. The first kappa shape index (κ1) is 22.7. The smallest absolute Gasteiger partial charge is 0.172 e. The van der Waals surface area contributed by atoms with Crippen molar-refractivity contribution in [1.82, 2.24) is 0 Å². The maximum absolute atomic E-state index is 5.98. The van der Waals surface area contributed by atoms with E-state index in [4.69, 9.17) is 23.2 Å². The Kier molecular flexibility index (Phi) is 12.0. The quantitative estimate of drug-likeness (QED) is 0.452. The second-order valence-corrected chi connectivity index (χ2v) is 6.46. The molecule has 3 aromatic rings. The van der Waals surface area contributed by atoms with E-state index in [9.17, 15) is 0 Å². The largest absolute Gasteiger partial charge is 1.00 e. The molecule has 118 valence electrons. The van der Waals surface area contributed by atoms with Crippen LogP contribution < -0.4 is 24.8 Å². The molecule has 0 saturated carbocycles. The summed E-state index contributed by atoms with van der Waals surface area (Å²) in [5, 5.41) is 1.53. The monoisotopic (exact) mass is 459 g/mol. The van der Waals surface area contributed by atoms with Crippen LogP contribution in [0.15, 0.2) is 78.9 Å². The molecule has 0 unspecified atom stereocenters. The van der Waals surface area contributed by atoms with Crippen molar-refractivity contribution in [3.63, 3.8) is 0 Å². The molecule has 0 spiro atoms. The first-order valence-electron chi connectivity index (χ1n) is 6.44. The van der Waals surface area contributed by atoms with Crippen molar-refractivity contribution in [3.05, 3.63) is 100 Å². The Morgan fingerprint density at radius 3 is 1.48 bits per heavy atom. The molecule has 0 amide bonds. The van der Waals surface area contributed by atoms with Gasteiger partial charge in [0.1, 0.15) is 0 Å². The van der Waals surface area contributed by atoms with Crippen LogP contribution in [0.3, 0.4) is 0 Å². The van der Waals surface area contributed by atoms with Gasteiger partial charge in [-0.3, -0.25) is 0 Å². The minimum atomic E-state index is 0. The fourth-order valence-electron chi connectivity index (χ4n) is 1.78. The molecule has 0 nitrogen and oxygen atoms in total. The zero-order valence-electron chi connectivity index (χ0n) is 12.0. The summed E-state index contributed by atoms with van der Waals surface area (Å²) < 4.78 is 1.26. The molecule has 0 fully saturated rings. The second kappa shape index (κ2) is 12.1. The van der Waals surface area contributed by atoms with Gasteiger partial charge in [-0.1, -0.05) is 0 Å². The molecule has 0 radical (unpaired) electrons. The number of rotatable bonds is 2. The minimum absolute atomic E-state index is 0. The SMILES string of the molecule is Clc1cccc([C](=[Zr+2])c2cccc(Cl)c2)c1.[Cl-].[Cl-].c1cc[cH-]c1.